The monoisotopic (exact) mass is 332 g/mol. The summed E-state index contributed by atoms with van der Waals surface area (Å²) >= 11 is 6.03. The van der Waals surface area contributed by atoms with Gasteiger partial charge in [-0.3, -0.25) is 4.79 Å². The van der Waals surface area contributed by atoms with Gasteiger partial charge in [-0.1, -0.05) is 17.7 Å². The van der Waals surface area contributed by atoms with E-state index in [0.29, 0.717) is 34.3 Å². The molecule has 0 radical (unpaired) electrons. The molecule has 3 rings (SSSR count). The van der Waals surface area contributed by atoms with Crippen molar-refractivity contribution in [3.63, 3.8) is 0 Å². The highest BCUT2D eigenvalue weighted by Gasteiger charge is 2.20. The molecule has 0 spiro atoms. The van der Waals surface area contributed by atoms with Crippen molar-refractivity contribution in [3.05, 3.63) is 47.0 Å². The molecule has 3 amide bonds. The zero-order chi connectivity index (χ0) is 16.4. The van der Waals surface area contributed by atoms with Gasteiger partial charge in [0.05, 0.1) is 5.69 Å². The summed E-state index contributed by atoms with van der Waals surface area (Å²) in [5.74, 6) is 1.06. The van der Waals surface area contributed by atoms with Crippen LogP contribution in [0, 0.1) is 6.92 Å². The number of urea groups is 1. The molecule has 1 aliphatic rings. The van der Waals surface area contributed by atoms with E-state index in [-0.39, 0.29) is 6.79 Å². The molecular formula is C16H13ClN2O4. The Hall–Kier alpha value is -2.73. The van der Waals surface area contributed by atoms with E-state index in [9.17, 15) is 9.59 Å². The Balaban J connectivity index is 1.84. The number of nitrogens with one attached hydrogen (secondary N) is 1. The molecule has 0 aliphatic carbocycles. The molecule has 0 atom stereocenters. The molecule has 2 aromatic rings. The van der Waals surface area contributed by atoms with Crippen LogP contribution >= 0.6 is 11.6 Å². The number of hydrogen-bond donors (Lipinski definition) is 1. The first-order valence-electron chi connectivity index (χ1n) is 6.80. The number of fused-ring (bicyclic) bond motifs is 1. The lowest BCUT2D eigenvalue weighted by Gasteiger charge is -2.18. The average Bonchev–Trinajstić information content (AvgIpc) is 3.00. The maximum Gasteiger partial charge on any atom is 0.332 e. The van der Waals surface area contributed by atoms with Crippen LogP contribution < -0.4 is 19.7 Å². The number of amides is 3. The maximum absolute atomic E-state index is 12.4. The lowest BCUT2D eigenvalue weighted by molar-refractivity contribution is -0.106. The van der Waals surface area contributed by atoms with Crippen molar-refractivity contribution in [2.75, 3.05) is 17.0 Å². The van der Waals surface area contributed by atoms with Crippen molar-refractivity contribution in [2.45, 2.75) is 6.92 Å². The molecule has 0 saturated heterocycles. The molecule has 1 N–H and O–H groups in total. The number of anilines is 2. The molecule has 6 nitrogen and oxygen atoms in total. The van der Waals surface area contributed by atoms with E-state index in [2.05, 4.69) is 5.32 Å². The number of hydrogen-bond acceptors (Lipinski definition) is 4. The highest BCUT2D eigenvalue weighted by molar-refractivity contribution is 6.31. The van der Waals surface area contributed by atoms with Crippen molar-refractivity contribution >= 4 is 35.4 Å². The zero-order valence-corrected chi connectivity index (χ0v) is 13.0. The van der Waals surface area contributed by atoms with Crippen LogP contribution in [0.1, 0.15) is 5.56 Å². The number of imide groups is 1. The zero-order valence-electron chi connectivity index (χ0n) is 12.2. The van der Waals surface area contributed by atoms with Gasteiger partial charge < -0.3 is 14.8 Å². The van der Waals surface area contributed by atoms with Crippen molar-refractivity contribution in [1.29, 1.82) is 0 Å². The fraction of sp³-hybridized carbons (Fsp3) is 0.125. The molecule has 0 aromatic heterocycles. The van der Waals surface area contributed by atoms with Gasteiger partial charge in [0.25, 0.3) is 0 Å². The second-order valence-corrected chi connectivity index (χ2v) is 5.26. The molecule has 2 aromatic carbocycles. The Morgan fingerprint density at radius 3 is 2.83 bits per heavy atom. The highest BCUT2D eigenvalue weighted by atomic mass is 35.5. The van der Waals surface area contributed by atoms with E-state index in [4.69, 9.17) is 21.1 Å². The first-order valence-corrected chi connectivity index (χ1v) is 7.18. The minimum atomic E-state index is -0.593. The summed E-state index contributed by atoms with van der Waals surface area (Å²) in [6, 6.07) is 9.38. The van der Waals surface area contributed by atoms with Crippen molar-refractivity contribution in [3.8, 4) is 11.5 Å². The Kier molecular flexibility index (Phi) is 4.08. The van der Waals surface area contributed by atoms with Crippen LogP contribution in [-0.2, 0) is 4.79 Å². The van der Waals surface area contributed by atoms with Crippen LogP contribution in [0.3, 0.4) is 0 Å². The van der Waals surface area contributed by atoms with Gasteiger partial charge in [-0.25, -0.2) is 9.69 Å². The smallest absolute Gasteiger partial charge is 0.332 e. The quantitative estimate of drug-likeness (QED) is 0.872. The van der Waals surface area contributed by atoms with Crippen LogP contribution in [0.15, 0.2) is 36.4 Å². The summed E-state index contributed by atoms with van der Waals surface area (Å²) in [5.41, 5.74) is 1.63. The van der Waals surface area contributed by atoms with E-state index in [1.807, 2.05) is 0 Å². The van der Waals surface area contributed by atoms with E-state index >= 15 is 0 Å². The lowest BCUT2D eigenvalue weighted by Crippen LogP contribution is -2.33. The van der Waals surface area contributed by atoms with Gasteiger partial charge in [-0.05, 0) is 36.8 Å². The largest absolute Gasteiger partial charge is 0.454 e. The Bertz CT molecular complexity index is 779. The molecule has 23 heavy (non-hydrogen) atoms. The molecule has 0 fully saturated rings. The number of halogens is 1. The van der Waals surface area contributed by atoms with E-state index < -0.39 is 6.03 Å². The number of rotatable bonds is 3. The summed E-state index contributed by atoms with van der Waals surface area (Å²) in [4.78, 5) is 24.7. The predicted octanol–water partition coefficient (Wildman–Crippen LogP) is 3.57. The lowest BCUT2D eigenvalue weighted by atomic mass is 10.2. The van der Waals surface area contributed by atoms with Crippen LogP contribution in [0.25, 0.3) is 0 Å². The topological polar surface area (TPSA) is 67.9 Å². The molecule has 118 valence electrons. The van der Waals surface area contributed by atoms with Gasteiger partial charge in [0.15, 0.2) is 11.5 Å². The normalized spacial score (nSPS) is 11.9. The Morgan fingerprint density at radius 2 is 2.04 bits per heavy atom. The summed E-state index contributed by atoms with van der Waals surface area (Å²) < 4.78 is 10.5. The summed E-state index contributed by atoms with van der Waals surface area (Å²) in [5, 5.41) is 3.20. The third-order valence-corrected chi connectivity index (χ3v) is 3.88. The van der Waals surface area contributed by atoms with E-state index in [0.717, 1.165) is 10.5 Å². The van der Waals surface area contributed by atoms with Crippen LogP contribution in [0.5, 0.6) is 11.5 Å². The fourth-order valence-corrected chi connectivity index (χ4v) is 2.35. The van der Waals surface area contributed by atoms with Gasteiger partial charge in [-0.15, -0.1) is 0 Å². The number of nitrogens with zero attached hydrogens (tertiary/aromatic N) is 1. The molecule has 0 bridgehead atoms. The standard InChI is InChI=1S/C16H13ClN2O4/c1-10-12(17)3-2-4-13(10)18-16(21)19(8-20)11-5-6-14-15(7-11)23-9-22-14/h2-8H,9H2,1H3,(H,18,21). The third-order valence-electron chi connectivity index (χ3n) is 3.47. The molecule has 7 heteroatoms. The fourth-order valence-electron chi connectivity index (χ4n) is 2.18. The van der Waals surface area contributed by atoms with Crippen LogP contribution in [0.4, 0.5) is 16.2 Å². The van der Waals surface area contributed by atoms with Crippen molar-refractivity contribution < 1.29 is 19.1 Å². The first kappa shape index (κ1) is 15.2. The number of ether oxygens (including phenoxy) is 2. The third kappa shape index (κ3) is 2.93. The number of benzene rings is 2. The molecule has 1 aliphatic heterocycles. The van der Waals surface area contributed by atoms with Gasteiger partial charge in [-0.2, -0.15) is 0 Å². The summed E-state index contributed by atoms with van der Waals surface area (Å²) in [7, 11) is 0. The molecule has 1 heterocycles. The minimum Gasteiger partial charge on any atom is -0.454 e. The molecular weight excluding hydrogens is 320 g/mol. The SMILES string of the molecule is Cc1c(Cl)cccc1NC(=O)N(C=O)c1ccc2c(c1)OCO2. The van der Waals surface area contributed by atoms with Gasteiger partial charge in [0.1, 0.15) is 0 Å². The molecule has 0 unspecified atom stereocenters. The average molecular weight is 333 g/mol. The second kappa shape index (κ2) is 6.18. The van der Waals surface area contributed by atoms with E-state index in [1.165, 1.54) is 0 Å². The number of carbonyl (C=O) groups excluding carboxylic acids is 2. The van der Waals surface area contributed by atoms with Gasteiger partial charge >= 0.3 is 6.03 Å². The van der Waals surface area contributed by atoms with Crippen LogP contribution in [0.2, 0.25) is 5.02 Å². The molecule has 0 saturated carbocycles. The van der Waals surface area contributed by atoms with Gasteiger partial charge in [0.2, 0.25) is 13.2 Å². The minimum absolute atomic E-state index is 0.119. The van der Waals surface area contributed by atoms with Crippen molar-refractivity contribution in [2.24, 2.45) is 0 Å². The Morgan fingerprint density at radius 1 is 1.26 bits per heavy atom. The highest BCUT2D eigenvalue weighted by Crippen LogP contribution is 2.35. The predicted molar refractivity (Wildman–Crippen MR) is 86.3 cm³/mol. The maximum atomic E-state index is 12.4. The summed E-state index contributed by atoms with van der Waals surface area (Å²) in [6.07, 6.45) is 0.437. The number of carbonyl (C=O) groups is 2. The van der Waals surface area contributed by atoms with Crippen molar-refractivity contribution in [1.82, 2.24) is 0 Å². The second-order valence-electron chi connectivity index (χ2n) is 4.86. The van der Waals surface area contributed by atoms with Crippen LogP contribution in [-0.4, -0.2) is 19.2 Å². The Labute approximate surface area is 137 Å². The summed E-state index contributed by atoms with van der Waals surface area (Å²) in [6.45, 7) is 1.90. The first-order chi connectivity index (χ1) is 11.1. The van der Waals surface area contributed by atoms with Gasteiger partial charge in [0, 0.05) is 16.8 Å². The van der Waals surface area contributed by atoms with E-state index in [1.54, 1.807) is 43.3 Å².